The summed E-state index contributed by atoms with van der Waals surface area (Å²) in [6.07, 6.45) is -0.545. The van der Waals surface area contributed by atoms with Crippen LogP contribution in [-0.2, 0) is 0 Å². The summed E-state index contributed by atoms with van der Waals surface area (Å²) in [5.41, 5.74) is 6.40. The van der Waals surface area contributed by atoms with Crippen molar-refractivity contribution in [3.05, 3.63) is 35.9 Å². The van der Waals surface area contributed by atoms with Gasteiger partial charge in [-0.3, -0.25) is 0 Å². The standard InChI is InChI=1S/C9H13NO.ClH/c1-7(10)9(11)8-5-3-2-4-6-8;/h2-7,9,11H,10H2,1H3;1H/p-1/t7-,9-;/m1./s1. The summed E-state index contributed by atoms with van der Waals surface area (Å²) in [6, 6.07) is 9.22. The molecule has 0 spiro atoms. The highest BCUT2D eigenvalue weighted by Gasteiger charge is 2.10. The fourth-order valence-electron chi connectivity index (χ4n) is 0.954. The van der Waals surface area contributed by atoms with Crippen LogP contribution >= 0.6 is 0 Å². The Morgan fingerprint density at radius 1 is 1.25 bits per heavy atom. The average Bonchev–Trinajstić information content (AvgIpc) is 2.05. The minimum atomic E-state index is -0.545. The van der Waals surface area contributed by atoms with E-state index in [1.165, 1.54) is 0 Å². The molecule has 0 heterocycles. The molecule has 0 saturated heterocycles. The first-order valence-electron chi connectivity index (χ1n) is 3.70. The van der Waals surface area contributed by atoms with Crippen LogP contribution in [0.2, 0.25) is 0 Å². The molecule has 0 unspecified atom stereocenters. The maximum Gasteiger partial charge on any atom is 0.0938 e. The summed E-state index contributed by atoms with van der Waals surface area (Å²) in [6.45, 7) is 1.79. The third-order valence-electron chi connectivity index (χ3n) is 1.64. The number of hydrogen-bond donors (Lipinski definition) is 2. The fourth-order valence-corrected chi connectivity index (χ4v) is 0.954. The SMILES string of the molecule is C[C@@H](N)[C@@H](O)c1ccccc1.[Cl-]. The highest BCUT2D eigenvalue weighted by Crippen LogP contribution is 2.13. The van der Waals surface area contributed by atoms with Gasteiger partial charge in [0.05, 0.1) is 6.10 Å². The van der Waals surface area contributed by atoms with Crippen LogP contribution in [0, 0.1) is 0 Å². The number of aliphatic hydroxyl groups excluding tert-OH is 1. The van der Waals surface area contributed by atoms with Crippen molar-refractivity contribution in [1.82, 2.24) is 0 Å². The normalized spacial score (nSPS) is 14.6. The molecule has 3 heteroatoms. The lowest BCUT2D eigenvalue weighted by atomic mass is 10.0. The van der Waals surface area contributed by atoms with E-state index in [9.17, 15) is 5.11 Å². The Morgan fingerprint density at radius 3 is 2.17 bits per heavy atom. The van der Waals surface area contributed by atoms with Gasteiger partial charge in [-0.25, -0.2) is 0 Å². The molecular formula is C9H13ClNO-. The second kappa shape index (κ2) is 5.14. The summed E-state index contributed by atoms with van der Waals surface area (Å²) in [5.74, 6) is 0. The average molecular weight is 187 g/mol. The van der Waals surface area contributed by atoms with Gasteiger partial charge in [-0.05, 0) is 12.5 Å². The van der Waals surface area contributed by atoms with Crippen LogP contribution in [0.5, 0.6) is 0 Å². The maximum atomic E-state index is 9.47. The molecule has 3 N–H and O–H groups in total. The minimum absolute atomic E-state index is 0. The molecule has 0 aliphatic rings. The van der Waals surface area contributed by atoms with Crippen molar-refractivity contribution in [1.29, 1.82) is 0 Å². The second-order valence-corrected chi connectivity index (χ2v) is 2.71. The van der Waals surface area contributed by atoms with Crippen molar-refractivity contribution >= 4 is 0 Å². The molecule has 0 aromatic heterocycles. The van der Waals surface area contributed by atoms with Crippen molar-refractivity contribution in [3.63, 3.8) is 0 Å². The molecule has 0 radical (unpaired) electrons. The zero-order chi connectivity index (χ0) is 8.27. The number of rotatable bonds is 2. The molecule has 0 amide bonds. The molecule has 0 fully saturated rings. The Bertz CT molecular complexity index is 213. The first-order chi connectivity index (χ1) is 5.22. The first kappa shape index (κ1) is 11.4. The van der Waals surface area contributed by atoms with E-state index in [1.54, 1.807) is 6.92 Å². The third-order valence-corrected chi connectivity index (χ3v) is 1.64. The monoisotopic (exact) mass is 186 g/mol. The van der Waals surface area contributed by atoms with E-state index in [2.05, 4.69) is 0 Å². The lowest BCUT2D eigenvalue weighted by Crippen LogP contribution is -3.00. The molecular weight excluding hydrogens is 174 g/mol. The predicted molar refractivity (Wildman–Crippen MR) is 45.1 cm³/mol. The highest BCUT2D eigenvalue weighted by atomic mass is 35.5. The van der Waals surface area contributed by atoms with Crippen LogP contribution < -0.4 is 18.1 Å². The van der Waals surface area contributed by atoms with Gasteiger partial charge in [0, 0.05) is 6.04 Å². The van der Waals surface area contributed by atoms with Crippen molar-refractivity contribution in [2.24, 2.45) is 5.73 Å². The fraction of sp³-hybridized carbons (Fsp3) is 0.333. The Balaban J connectivity index is 0.00000121. The van der Waals surface area contributed by atoms with Crippen molar-refractivity contribution < 1.29 is 17.5 Å². The first-order valence-corrected chi connectivity index (χ1v) is 3.70. The van der Waals surface area contributed by atoms with E-state index in [0.717, 1.165) is 5.56 Å². The van der Waals surface area contributed by atoms with Gasteiger partial charge in [0.1, 0.15) is 0 Å². The Labute approximate surface area is 78.8 Å². The largest absolute Gasteiger partial charge is 1.00 e. The molecule has 0 bridgehead atoms. The van der Waals surface area contributed by atoms with Gasteiger partial charge in [0.25, 0.3) is 0 Å². The van der Waals surface area contributed by atoms with Crippen LogP contribution in [0.15, 0.2) is 30.3 Å². The molecule has 0 saturated carbocycles. The highest BCUT2D eigenvalue weighted by molar-refractivity contribution is 5.18. The van der Waals surface area contributed by atoms with Crippen LogP contribution in [-0.4, -0.2) is 11.1 Å². The molecule has 1 rings (SSSR count). The molecule has 1 aromatic rings. The Kier molecular flexibility index (Phi) is 4.90. The number of aliphatic hydroxyl groups is 1. The Hall–Kier alpha value is -0.570. The van der Waals surface area contributed by atoms with Crippen LogP contribution in [0.4, 0.5) is 0 Å². The lowest BCUT2D eigenvalue weighted by Gasteiger charge is -2.13. The summed E-state index contributed by atoms with van der Waals surface area (Å²) in [4.78, 5) is 0. The summed E-state index contributed by atoms with van der Waals surface area (Å²) < 4.78 is 0. The van der Waals surface area contributed by atoms with Gasteiger partial charge in [0.15, 0.2) is 0 Å². The lowest BCUT2D eigenvalue weighted by molar-refractivity contribution is -0.00000372. The molecule has 68 valence electrons. The number of benzene rings is 1. The van der Waals surface area contributed by atoms with Crippen LogP contribution in [0.3, 0.4) is 0 Å². The van der Waals surface area contributed by atoms with E-state index >= 15 is 0 Å². The summed E-state index contributed by atoms with van der Waals surface area (Å²) in [5, 5.41) is 9.47. The van der Waals surface area contributed by atoms with Crippen LogP contribution in [0.25, 0.3) is 0 Å². The van der Waals surface area contributed by atoms with Crippen molar-refractivity contribution in [2.45, 2.75) is 19.1 Å². The predicted octanol–water partition coefficient (Wildman–Crippen LogP) is -1.93. The van der Waals surface area contributed by atoms with Crippen molar-refractivity contribution in [2.75, 3.05) is 0 Å². The molecule has 0 aliphatic carbocycles. The van der Waals surface area contributed by atoms with Crippen molar-refractivity contribution in [3.8, 4) is 0 Å². The maximum absolute atomic E-state index is 9.47. The quantitative estimate of drug-likeness (QED) is 0.566. The number of hydrogen-bond acceptors (Lipinski definition) is 2. The Morgan fingerprint density at radius 2 is 1.75 bits per heavy atom. The summed E-state index contributed by atoms with van der Waals surface area (Å²) in [7, 11) is 0. The van der Waals surface area contributed by atoms with E-state index in [1.807, 2.05) is 30.3 Å². The molecule has 12 heavy (non-hydrogen) atoms. The molecule has 1 aromatic carbocycles. The zero-order valence-corrected chi connectivity index (χ0v) is 7.70. The van der Waals surface area contributed by atoms with E-state index < -0.39 is 6.10 Å². The second-order valence-electron chi connectivity index (χ2n) is 2.71. The summed E-state index contributed by atoms with van der Waals surface area (Å²) >= 11 is 0. The van der Waals surface area contributed by atoms with E-state index in [0.29, 0.717) is 0 Å². The number of nitrogens with two attached hydrogens (primary N) is 1. The van der Waals surface area contributed by atoms with Gasteiger partial charge >= 0.3 is 0 Å². The van der Waals surface area contributed by atoms with Gasteiger partial charge in [-0.2, -0.15) is 0 Å². The topological polar surface area (TPSA) is 46.2 Å². The molecule has 0 aliphatic heterocycles. The third kappa shape index (κ3) is 2.81. The van der Waals surface area contributed by atoms with Gasteiger partial charge in [0.2, 0.25) is 0 Å². The van der Waals surface area contributed by atoms with Crippen LogP contribution in [0.1, 0.15) is 18.6 Å². The molecule has 2 nitrogen and oxygen atoms in total. The molecule has 2 atom stereocenters. The smallest absolute Gasteiger partial charge is 0.0938 e. The zero-order valence-electron chi connectivity index (χ0n) is 6.94. The van der Waals surface area contributed by atoms with E-state index in [4.69, 9.17) is 5.73 Å². The van der Waals surface area contributed by atoms with Gasteiger partial charge in [-0.1, -0.05) is 30.3 Å². The minimum Gasteiger partial charge on any atom is -1.00 e. The van der Waals surface area contributed by atoms with Gasteiger partial charge in [-0.15, -0.1) is 0 Å². The van der Waals surface area contributed by atoms with E-state index in [-0.39, 0.29) is 18.4 Å². The van der Waals surface area contributed by atoms with Gasteiger partial charge < -0.3 is 23.2 Å². The number of halogens is 1.